The van der Waals surface area contributed by atoms with Gasteiger partial charge in [-0.05, 0) is 18.9 Å². The standard InChI is InChI=1S/C14H18N2O4/c17-12(15-11-5-1-2-6-11)10-20-14(19)9-16-8-4-3-7-13(16)18/h3-4,7-8,11H,1-2,5-6,9-10H2,(H,15,17). The van der Waals surface area contributed by atoms with Gasteiger partial charge in [0, 0.05) is 18.3 Å². The molecule has 1 N–H and O–H groups in total. The molecule has 108 valence electrons. The van der Waals surface area contributed by atoms with Gasteiger partial charge < -0.3 is 14.6 Å². The predicted molar refractivity (Wildman–Crippen MR) is 72.1 cm³/mol. The molecule has 0 unspecified atom stereocenters. The van der Waals surface area contributed by atoms with Crippen LogP contribution in [-0.2, 0) is 20.9 Å². The van der Waals surface area contributed by atoms with Crippen molar-refractivity contribution in [3.63, 3.8) is 0 Å². The first-order valence-electron chi connectivity index (χ1n) is 6.75. The van der Waals surface area contributed by atoms with Gasteiger partial charge in [-0.1, -0.05) is 18.9 Å². The van der Waals surface area contributed by atoms with E-state index < -0.39 is 5.97 Å². The van der Waals surface area contributed by atoms with E-state index in [-0.39, 0.29) is 30.7 Å². The summed E-state index contributed by atoms with van der Waals surface area (Å²) >= 11 is 0. The van der Waals surface area contributed by atoms with Crippen LogP contribution in [0.25, 0.3) is 0 Å². The normalized spacial score (nSPS) is 15.0. The summed E-state index contributed by atoms with van der Waals surface area (Å²) in [4.78, 5) is 34.5. The predicted octanol–water partition coefficient (Wildman–Crippen LogP) is 0.450. The Hall–Kier alpha value is -2.11. The van der Waals surface area contributed by atoms with Crippen molar-refractivity contribution in [2.45, 2.75) is 38.3 Å². The molecular weight excluding hydrogens is 260 g/mol. The van der Waals surface area contributed by atoms with Crippen molar-refractivity contribution in [3.05, 3.63) is 34.7 Å². The monoisotopic (exact) mass is 278 g/mol. The molecule has 1 aromatic heterocycles. The number of hydrogen-bond acceptors (Lipinski definition) is 4. The lowest BCUT2D eigenvalue weighted by molar-refractivity contribution is -0.149. The van der Waals surface area contributed by atoms with Crippen molar-refractivity contribution >= 4 is 11.9 Å². The van der Waals surface area contributed by atoms with Crippen LogP contribution in [0.1, 0.15) is 25.7 Å². The van der Waals surface area contributed by atoms with Crippen LogP contribution in [0.2, 0.25) is 0 Å². The van der Waals surface area contributed by atoms with Crippen LogP contribution in [0.5, 0.6) is 0 Å². The second-order valence-electron chi connectivity index (χ2n) is 4.88. The second-order valence-corrected chi connectivity index (χ2v) is 4.88. The minimum atomic E-state index is -0.597. The molecule has 0 aliphatic heterocycles. The van der Waals surface area contributed by atoms with Gasteiger partial charge in [0.05, 0.1) is 0 Å². The number of amides is 1. The van der Waals surface area contributed by atoms with E-state index in [4.69, 9.17) is 4.74 Å². The van der Waals surface area contributed by atoms with E-state index in [2.05, 4.69) is 5.32 Å². The van der Waals surface area contributed by atoms with Gasteiger partial charge in [-0.2, -0.15) is 0 Å². The van der Waals surface area contributed by atoms with Crippen molar-refractivity contribution < 1.29 is 14.3 Å². The fraction of sp³-hybridized carbons (Fsp3) is 0.500. The molecule has 6 nitrogen and oxygen atoms in total. The third-order valence-electron chi connectivity index (χ3n) is 3.28. The number of nitrogens with one attached hydrogen (secondary N) is 1. The zero-order chi connectivity index (χ0) is 14.4. The van der Waals surface area contributed by atoms with Crippen molar-refractivity contribution in [2.24, 2.45) is 0 Å². The summed E-state index contributed by atoms with van der Waals surface area (Å²) in [5, 5.41) is 2.82. The maximum Gasteiger partial charge on any atom is 0.326 e. The van der Waals surface area contributed by atoms with Crippen molar-refractivity contribution in [1.29, 1.82) is 0 Å². The van der Waals surface area contributed by atoms with E-state index >= 15 is 0 Å². The van der Waals surface area contributed by atoms with Gasteiger partial charge in [-0.3, -0.25) is 14.4 Å². The van der Waals surface area contributed by atoms with Gasteiger partial charge in [-0.25, -0.2) is 0 Å². The van der Waals surface area contributed by atoms with E-state index in [1.165, 1.54) is 16.8 Å². The fourth-order valence-corrected chi connectivity index (χ4v) is 2.26. The highest BCUT2D eigenvalue weighted by atomic mass is 16.5. The average molecular weight is 278 g/mol. The number of ether oxygens (including phenoxy) is 1. The molecule has 0 radical (unpaired) electrons. The van der Waals surface area contributed by atoms with Gasteiger partial charge in [0.25, 0.3) is 11.5 Å². The number of carbonyl (C=O) groups excluding carboxylic acids is 2. The van der Waals surface area contributed by atoms with Crippen LogP contribution in [0.4, 0.5) is 0 Å². The zero-order valence-electron chi connectivity index (χ0n) is 11.2. The number of aromatic nitrogens is 1. The van der Waals surface area contributed by atoms with Gasteiger partial charge in [-0.15, -0.1) is 0 Å². The Morgan fingerprint density at radius 3 is 2.75 bits per heavy atom. The molecular formula is C14H18N2O4. The van der Waals surface area contributed by atoms with E-state index in [1.54, 1.807) is 12.1 Å². The second kappa shape index (κ2) is 6.88. The molecule has 0 bridgehead atoms. The summed E-state index contributed by atoms with van der Waals surface area (Å²) in [5.41, 5.74) is -0.278. The van der Waals surface area contributed by atoms with Crippen LogP contribution >= 0.6 is 0 Å². The Bertz CT molecular complexity index is 532. The van der Waals surface area contributed by atoms with Gasteiger partial charge in [0.15, 0.2) is 6.61 Å². The van der Waals surface area contributed by atoms with Crippen molar-refractivity contribution in [3.8, 4) is 0 Å². The highest BCUT2D eigenvalue weighted by Crippen LogP contribution is 2.17. The lowest BCUT2D eigenvalue weighted by Crippen LogP contribution is -2.36. The molecule has 1 heterocycles. The summed E-state index contributed by atoms with van der Waals surface area (Å²) in [6, 6.07) is 4.82. The lowest BCUT2D eigenvalue weighted by atomic mass is 10.2. The molecule has 1 saturated carbocycles. The molecule has 1 aromatic rings. The molecule has 2 rings (SSSR count). The van der Waals surface area contributed by atoms with Crippen LogP contribution in [0.15, 0.2) is 29.2 Å². The Labute approximate surface area is 116 Å². The quantitative estimate of drug-likeness (QED) is 0.793. The summed E-state index contributed by atoms with van der Waals surface area (Å²) < 4.78 is 6.10. The van der Waals surface area contributed by atoms with Gasteiger partial charge >= 0.3 is 5.97 Å². The molecule has 0 spiro atoms. The SMILES string of the molecule is O=C(COC(=O)Cn1ccccc1=O)NC1CCCC1. The summed E-state index contributed by atoms with van der Waals surface area (Å²) in [6.07, 6.45) is 5.73. The highest BCUT2D eigenvalue weighted by molar-refractivity contribution is 5.80. The first kappa shape index (κ1) is 14.3. The largest absolute Gasteiger partial charge is 0.454 e. The lowest BCUT2D eigenvalue weighted by Gasteiger charge is -2.12. The van der Waals surface area contributed by atoms with Crippen molar-refractivity contribution in [2.75, 3.05) is 6.61 Å². The summed E-state index contributed by atoms with van der Waals surface area (Å²) in [7, 11) is 0. The Morgan fingerprint density at radius 2 is 2.05 bits per heavy atom. The number of carbonyl (C=O) groups is 2. The Kier molecular flexibility index (Phi) is 4.92. The fourth-order valence-electron chi connectivity index (χ4n) is 2.26. The van der Waals surface area contributed by atoms with Gasteiger partial charge in [0.1, 0.15) is 6.54 Å². The molecule has 1 amide bonds. The van der Waals surface area contributed by atoms with E-state index in [0.29, 0.717) is 0 Å². The molecule has 1 aliphatic rings. The third-order valence-corrected chi connectivity index (χ3v) is 3.28. The van der Waals surface area contributed by atoms with Crippen LogP contribution in [0, 0.1) is 0 Å². The number of pyridine rings is 1. The number of rotatable bonds is 5. The first-order chi connectivity index (χ1) is 9.65. The number of esters is 1. The maximum atomic E-state index is 11.6. The maximum absolute atomic E-state index is 11.6. The topological polar surface area (TPSA) is 77.4 Å². The average Bonchev–Trinajstić information content (AvgIpc) is 2.92. The minimum Gasteiger partial charge on any atom is -0.454 e. The first-order valence-corrected chi connectivity index (χ1v) is 6.75. The molecule has 0 atom stereocenters. The molecule has 0 saturated heterocycles. The molecule has 20 heavy (non-hydrogen) atoms. The third kappa shape index (κ3) is 4.22. The van der Waals surface area contributed by atoms with Crippen LogP contribution in [-0.4, -0.2) is 29.1 Å². The van der Waals surface area contributed by atoms with E-state index in [0.717, 1.165) is 25.7 Å². The summed E-state index contributed by atoms with van der Waals surface area (Å²) in [5.74, 6) is -0.884. The molecule has 0 aromatic carbocycles. The molecule has 1 fully saturated rings. The molecule has 6 heteroatoms. The van der Waals surface area contributed by atoms with Gasteiger partial charge in [0.2, 0.25) is 0 Å². The van der Waals surface area contributed by atoms with Crippen LogP contribution < -0.4 is 10.9 Å². The zero-order valence-corrected chi connectivity index (χ0v) is 11.2. The molecule has 1 aliphatic carbocycles. The Morgan fingerprint density at radius 1 is 1.30 bits per heavy atom. The Balaban J connectivity index is 1.73. The number of nitrogens with zero attached hydrogens (tertiary/aromatic N) is 1. The van der Waals surface area contributed by atoms with Crippen molar-refractivity contribution in [1.82, 2.24) is 9.88 Å². The number of hydrogen-bond donors (Lipinski definition) is 1. The van der Waals surface area contributed by atoms with Crippen LogP contribution in [0.3, 0.4) is 0 Å². The van der Waals surface area contributed by atoms with E-state index in [9.17, 15) is 14.4 Å². The van der Waals surface area contributed by atoms with E-state index in [1.807, 2.05) is 0 Å². The highest BCUT2D eigenvalue weighted by Gasteiger charge is 2.17. The smallest absolute Gasteiger partial charge is 0.326 e. The summed E-state index contributed by atoms with van der Waals surface area (Å²) in [6.45, 7) is -0.479. The minimum absolute atomic E-state index is 0.184.